The molecule has 35 heavy (non-hydrogen) atoms. The van der Waals surface area contributed by atoms with Crippen LogP contribution in [-0.2, 0) is 10.7 Å². The van der Waals surface area contributed by atoms with E-state index in [1.807, 2.05) is 18.2 Å². The molecule has 11 heteroatoms. The fraction of sp³-hybridized carbons (Fsp3) is 0.208. The van der Waals surface area contributed by atoms with E-state index in [2.05, 4.69) is 25.6 Å². The van der Waals surface area contributed by atoms with Gasteiger partial charge in [0.15, 0.2) is 17.1 Å². The Hall–Kier alpha value is -4.41. The number of alkyl halides is 2. The van der Waals surface area contributed by atoms with E-state index in [1.165, 1.54) is 27.2 Å². The summed E-state index contributed by atoms with van der Waals surface area (Å²) >= 11 is 0. The van der Waals surface area contributed by atoms with Crippen LogP contribution in [0, 0.1) is 5.92 Å². The first-order valence-electron chi connectivity index (χ1n) is 11.0. The number of amides is 1. The summed E-state index contributed by atoms with van der Waals surface area (Å²) in [4.78, 5) is 16.2. The van der Waals surface area contributed by atoms with Gasteiger partial charge in [-0.2, -0.15) is 13.9 Å². The van der Waals surface area contributed by atoms with Crippen molar-refractivity contribution in [2.45, 2.75) is 18.8 Å². The summed E-state index contributed by atoms with van der Waals surface area (Å²) in [5.74, 6) is -3.32. The van der Waals surface area contributed by atoms with Gasteiger partial charge in [0, 0.05) is 12.1 Å². The van der Waals surface area contributed by atoms with E-state index in [-0.39, 0.29) is 23.3 Å². The number of rotatable bonds is 6. The fourth-order valence-corrected chi connectivity index (χ4v) is 3.88. The maximum absolute atomic E-state index is 15.7. The van der Waals surface area contributed by atoms with E-state index in [0.717, 1.165) is 18.4 Å². The molecule has 1 saturated carbocycles. The first-order chi connectivity index (χ1) is 16.9. The van der Waals surface area contributed by atoms with Crippen LogP contribution in [0.2, 0.25) is 0 Å². The molecule has 0 radical (unpaired) electrons. The molecule has 1 aromatic carbocycles. The summed E-state index contributed by atoms with van der Waals surface area (Å²) in [7, 11) is 1.56. The minimum Gasteiger partial charge on any atom is -0.497 e. The van der Waals surface area contributed by atoms with Gasteiger partial charge in [0.1, 0.15) is 11.4 Å². The summed E-state index contributed by atoms with van der Waals surface area (Å²) in [5, 5.41) is 14.4. The lowest BCUT2D eigenvalue weighted by Gasteiger charge is -2.14. The molecule has 1 aliphatic carbocycles. The maximum atomic E-state index is 15.7. The minimum absolute atomic E-state index is 0.00393. The van der Waals surface area contributed by atoms with Crippen LogP contribution in [0.1, 0.15) is 24.4 Å². The molecule has 1 fully saturated rings. The molecule has 0 spiro atoms. The molecule has 6 rings (SSSR count). The molecule has 4 heterocycles. The third-order valence-corrected chi connectivity index (χ3v) is 5.93. The van der Waals surface area contributed by atoms with Crippen molar-refractivity contribution in [1.29, 1.82) is 0 Å². The normalized spacial score (nSPS) is 13.9. The fourth-order valence-electron chi connectivity index (χ4n) is 3.88. The van der Waals surface area contributed by atoms with Crippen molar-refractivity contribution in [2.24, 2.45) is 5.92 Å². The molecule has 0 atom stereocenters. The van der Waals surface area contributed by atoms with Crippen molar-refractivity contribution in [3.8, 4) is 16.9 Å². The molecule has 1 amide bonds. The smallest absolute Gasteiger partial charge is 0.350 e. The lowest BCUT2D eigenvalue weighted by Crippen LogP contribution is -2.22. The number of nitrogens with zero attached hydrogens (tertiary/aromatic N) is 6. The van der Waals surface area contributed by atoms with Crippen molar-refractivity contribution >= 4 is 23.0 Å². The number of carbonyl (C=O) groups excluding carboxylic acids is 1. The van der Waals surface area contributed by atoms with Crippen LogP contribution in [-0.4, -0.2) is 42.2 Å². The Morgan fingerprint density at radius 3 is 2.69 bits per heavy atom. The van der Waals surface area contributed by atoms with Gasteiger partial charge in [0.05, 0.1) is 13.3 Å². The van der Waals surface area contributed by atoms with E-state index in [0.29, 0.717) is 17.0 Å². The number of carbonyl (C=O) groups is 1. The van der Waals surface area contributed by atoms with Gasteiger partial charge >= 0.3 is 5.92 Å². The second-order valence-corrected chi connectivity index (χ2v) is 8.39. The van der Waals surface area contributed by atoms with E-state index in [4.69, 9.17) is 4.74 Å². The Kier molecular flexibility index (Phi) is 4.73. The summed E-state index contributed by atoms with van der Waals surface area (Å²) in [5.41, 5.74) is 1.58. The molecular formula is C24H19F2N7O2. The molecule has 1 N–H and O–H groups in total. The Morgan fingerprint density at radius 1 is 1.06 bits per heavy atom. The second-order valence-electron chi connectivity index (χ2n) is 8.39. The zero-order valence-corrected chi connectivity index (χ0v) is 18.5. The van der Waals surface area contributed by atoms with Crippen molar-refractivity contribution in [1.82, 2.24) is 29.2 Å². The van der Waals surface area contributed by atoms with Crippen LogP contribution in [0.5, 0.6) is 5.75 Å². The van der Waals surface area contributed by atoms with Gasteiger partial charge in [0.2, 0.25) is 11.7 Å². The predicted octanol–water partition coefficient (Wildman–Crippen LogP) is 3.94. The van der Waals surface area contributed by atoms with Gasteiger partial charge in [-0.15, -0.1) is 10.2 Å². The summed E-state index contributed by atoms with van der Waals surface area (Å²) < 4.78 is 39.1. The predicted molar refractivity (Wildman–Crippen MR) is 122 cm³/mol. The molecule has 0 unspecified atom stereocenters. The highest BCUT2D eigenvalue weighted by atomic mass is 19.3. The van der Waals surface area contributed by atoms with Crippen molar-refractivity contribution < 1.29 is 18.3 Å². The van der Waals surface area contributed by atoms with Gasteiger partial charge < -0.3 is 10.1 Å². The minimum atomic E-state index is -3.55. The highest BCUT2D eigenvalue weighted by molar-refractivity contribution is 5.93. The Balaban J connectivity index is 1.37. The van der Waals surface area contributed by atoms with E-state index in [1.54, 1.807) is 31.5 Å². The number of nitrogens with one attached hydrogen (secondary N) is 1. The lowest BCUT2D eigenvalue weighted by molar-refractivity contribution is -0.117. The number of pyridine rings is 1. The van der Waals surface area contributed by atoms with Crippen LogP contribution in [0.4, 0.5) is 14.6 Å². The summed E-state index contributed by atoms with van der Waals surface area (Å²) in [6.45, 7) is 0. The van der Waals surface area contributed by atoms with Gasteiger partial charge in [-0.05, 0) is 60.4 Å². The number of aromatic nitrogens is 6. The average Bonchev–Trinajstić information content (AvgIpc) is 3.51. The van der Waals surface area contributed by atoms with Crippen LogP contribution >= 0.6 is 0 Å². The van der Waals surface area contributed by atoms with E-state index in [9.17, 15) is 4.79 Å². The van der Waals surface area contributed by atoms with Gasteiger partial charge in [0.25, 0.3) is 0 Å². The average molecular weight is 475 g/mol. The topological polar surface area (TPSA) is 98.7 Å². The number of benzene rings is 1. The van der Waals surface area contributed by atoms with Crippen molar-refractivity contribution in [2.75, 3.05) is 12.4 Å². The standard InChI is InChI=1S/C24H19F2N7O2/c1-35-17-4-2-3-15(11-17)16-7-9-21-29-30-23(32(21)12-16)24(25,26)18-8-10-20-27-19(13-33(20)31-18)28-22(34)14-5-6-14/h2-4,7-14H,5-6H2,1H3,(H,28,34). The first kappa shape index (κ1) is 21.1. The van der Waals surface area contributed by atoms with Crippen molar-refractivity contribution in [3.05, 3.63) is 72.4 Å². The number of halogens is 2. The van der Waals surface area contributed by atoms with Crippen LogP contribution in [0.15, 0.2) is 60.9 Å². The third kappa shape index (κ3) is 3.74. The Labute approximate surface area is 197 Å². The molecule has 1 aliphatic rings. The van der Waals surface area contributed by atoms with Crippen LogP contribution < -0.4 is 10.1 Å². The molecule has 0 saturated heterocycles. The molecular weight excluding hydrogens is 456 g/mol. The van der Waals surface area contributed by atoms with E-state index < -0.39 is 17.4 Å². The first-order valence-corrected chi connectivity index (χ1v) is 11.0. The third-order valence-electron chi connectivity index (χ3n) is 5.93. The maximum Gasteiger partial charge on any atom is 0.350 e. The number of hydrogen-bond donors (Lipinski definition) is 1. The molecule has 9 nitrogen and oxygen atoms in total. The SMILES string of the molecule is COc1cccc(-c2ccc3nnc(C(F)(F)c4ccc5nc(NC(=O)C6CC6)cn5n4)n3c2)c1. The molecule has 0 aliphatic heterocycles. The zero-order valence-electron chi connectivity index (χ0n) is 18.5. The quantitative estimate of drug-likeness (QED) is 0.400. The molecule has 176 valence electrons. The summed E-state index contributed by atoms with van der Waals surface area (Å²) in [6, 6.07) is 13.3. The van der Waals surface area contributed by atoms with Crippen LogP contribution in [0.3, 0.4) is 0 Å². The Bertz CT molecular complexity index is 1590. The highest BCUT2D eigenvalue weighted by Gasteiger charge is 2.41. The number of methoxy groups -OCH3 is 1. The Morgan fingerprint density at radius 2 is 1.89 bits per heavy atom. The van der Waals surface area contributed by atoms with Gasteiger partial charge in [-0.1, -0.05) is 12.1 Å². The zero-order chi connectivity index (χ0) is 24.2. The number of fused-ring (bicyclic) bond motifs is 2. The monoisotopic (exact) mass is 475 g/mol. The highest BCUT2D eigenvalue weighted by Crippen LogP contribution is 2.35. The molecule has 5 aromatic rings. The van der Waals surface area contributed by atoms with E-state index >= 15 is 8.78 Å². The molecule has 0 bridgehead atoms. The number of anilines is 1. The number of imidazole rings is 1. The molecule has 4 aromatic heterocycles. The van der Waals surface area contributed by atoms with Gasteiger partial charge in [-0.3, -0.25) is 9.20 Å². The van der Waals surface area contributed by atoms with Gasteiger partial charge in [-0.25, -0.2) is 9.50 Å². The summed E-state index contributed by atoms with van der Waals surface area (Å²) in [6.07, 6.45) is 4.67. The largest absolute Gasteiger partial charge is 0.497 e. The number of ether oxygens (including phenoxy) is 1. The number of hydrogen-bond acceptors (Lipinski definition) is 6. The van der Waals surface area contributed by atoms with Crippen molar-refractivity contribution in [3.63, 3.8) is 0 Å². The van der Waals surface area contributed by atoms with Crippen LogP contribution in [0.25, 0.3) is 22.4 Å². The lowest BCUT2D eigenvalue weighted by atomic mass is 10.1. The second kappa shape index (κ2) is 7.83.